The Labute approximate surface area is 201 Å². The maximum absolute atomic E-state index is 14.3. The van der Waals surface area contributed by atoms with E-state index in [4.69, 9.17) is 10.9 Å². The monoisotopic (exact) mass is 574 g/mol. The Morgan fingerprint density at radius 2 is 2.06 bits per heavy atom. The molecule has 4 rings (SSSR count). The summed E-state index contributed by atoms with van der Waals surface area (Å²) in [6.45, 7) is 4.15. The first-order valence-corrected chi connectivity index (χ1v) is 12.7. The molecule has 0 amide bonds. The first kappa shape index (κ1) is 23.6. The molecule has 32 heavy (non-hydrogen) atoms. The van der Waals surface area contributed by atoms with Gasteiger partial charge in [0, 0.05) is 34.3 Å². The van der Waals surface area contributed by atoms with Gasteiger partial charge in [-0.15, -0.1) is 0 Å². The Balaban J connectivity index is 1.70. The van der Waals surface area contributed by atoms with Crippen LogP contribution in [0.25, 0.3) is 11.2 Å². The van der Waals surface area contributed by atoms with Crippen molar-refractivity contribution >= 4 is 50.9 Å². The lowest BCUT2D eigenvalue weighted by atomic mass is 10.0. The molecule has 4 N–H and O–H groups in total. The van der Waals surface area contributed by atoms with Crippen molar-refractivity contribution in [3.05, 3.63) is 44.3 Å². The van der Waals surface area contributed by atoms with Gasteiger partial charge in [-0.1, -0.05) is 6.07 Å². The van der Waals surface area contributed by atoms with Crippen molar-refractivity contribution in [2.75, 3.05) is 5.73 Å². The zero-order valence-corrected chi connectivity index (χ0v) is 20.8. The Hall–Kier alpha value is -1.57. The molecule has 1 aromatic carbocycles. The summed E-state index contributed by atoms with van der Waals surface area (Å²) >= 11 is 0.787. The molecule has 0 bridgehead atoms. The molecule has 2 aromatic heterocycles. The van der Waals surface area contributed by atoms with Crippen molar-refractivity contribution in [3.63, 3.8) is 0 Å². The summed E-state index contributed by atoms with van der Waals surface area (Å²) in [6.07, 6.45) is 1.04. The van der Waals surface area contributed by atoms with Gasteiger partial charge in [-0.3, -0.25) is 0 Å². The van der Waals surface area contributed by atoms with Crippen LogP contribution in [0.15, 0.2) is 12.1 Å². The third-order valence-electron chi connectivity index (χ3n) is 6.04. The molecule has 0 radical (unpaired) electrons. The molecule has 0 saturated heterocycles. The van der Waals surface area contributed by atoms with Gasteiger partial charge in [-0.2, -0.15) is 19.5 Å². The highest BCUT2D eigenvalue weighted by Crippen LogP contribution is 2.37. The molecule has 2 atom stereocenters. The van der Waals surface area contributed by atoms with E-state index in [-0.39, 0.29) is 5.82 Å². The van der Waals surface area contributed by atoms with E-state index in [1.54, 1.807) is 0 Å². The van der Waals surface area contributed by atoms with Crippen LogP contribution in [-0.4, -0.2) is 28.8 Å². The summed E-state index contributed by atoms with van der Waals surface area (Å²) in [7, 11) is 0. The predicted octanol–water partition coefficient (Wildman–Crippen LogP) is 3.88. The van der Waals surface area contributed by atoms with E-state index < -0.39 is 28.4 Å². The lowest BCUT2D eigenvalue weighted by molar-refractivity contribution is 0.343. The predicted molar refractivity (Wildman–Crippen MR) is 129 cm³/mol. The molecule has 3 aromatic rings. The molecule has 0 spiro atoms. The topological polar surface area (TPSA) is 119 Å². The number of imidazole rings is 1. The molecule has 1 aliphatic rings. The summed E-state index contributed by atoms with van der Waals surface area (Å²) < 4.78 is 42.3. The fraction of sp³-hybridized carbons (Fsp3) is 0.476. The average Bonchev–Trinajstić information content (AvgIpc) is 3.23. The number of nitrogen functional groups attached to an aromatic ring is 1. The first-order chi connectivity index (χ1) is 15.1. The number of fused-ring (bicyclic) bond motifs is 2. The van der Waals surface area contributed by atoms with Gasteiger partial charge in [0.05, 0.1) is 0 Å². The standard InChI is InChI=1S/C21H25F2IN6OS/c1-21(2,32(26)31)6-3-7-30-16(27-17-18(25)28-20(23)29-19(17)30)10-12-8-13-11(9-15(12)24)4-5-14(13)22/h8-9,14H,3-7,10,26H2,1-2H3,(H2,25,28,29). The van der Waals surface area contributed by atoms with Gasteiger partial charge in [0.15, 0.2) is 17.0 Å². The van der Waals surface area contributed by atoms with E-state index >= 15 is 0 Å². The van der Waals surface area contributed by atoms with Gasteiger partial charge in [-0.05, 0) is 78.5 Å². The number of aromatic nitrogens is 4. The summed E-state index contributed by atoms with van der Waals surface area (Å²) in [5.74, 6) is 0.618. The number of hydrogen-bond donors (Lipinski definition) is 2. The molecule has 11 heteroatoms. The minimum Gasteiger partial charge on any atom is -0.598 e. The van der Waals surface area contributed by atoms with Crippen LogP contribution in [-0.2, 0) is 30.7 Å². The average molecular weight is 574 g/mol. The van der Waals surface area contributed by atoms with Crippen molar-refractivity contribution in [2.45, 2.75) is 63.4 Å². The molecular weight excluding hydrogens is 549 g/mol. The number of halogens is 3. The van der Waals surface area contributed by atoms with Crippen LogP contribution >= 0.6 is 22.6 Å². The molecule has 0 fully saturated rings. The highest BCUT2D eigenvalue weighted by molar-refractivity contribution is 14.1. The number of alkyl halides is 1. The number of nitrogens with zero attached hydrogens (tertiary/aromatic N) is 4. The van der Waals surface area contributed by atoms with Gasteiger partial charge in [0.25, 0.3) is 0 Å². The minimum absolute atomic E-state index is 0.0247. The first-order valence-electron chi connectivity index (χ1n) is 10.4. The van der Waals surface area contributed by atoms with Crippen molar-refractivity contribution in [2.24, 2.45) is 5.14 Å². The van der Waals surface area contributed by atoms with Gasteiger partial charge in [-0.25, -0.2) is 9.37 Å². The highest BCUT2D eigenvalue weighted by Gasteiger charge is 2.30. The van der Waals surface area contributed by atoms with E-state index in [2.05, 4.69) is 37.5 Å². The van der Waals surface area contributed by atoms with Gasteiger partial charge in [0.1, 0.15) is 16.7 Å². The third-order valence-corrected chi connectivity index (χ3v) is 8.34. The third kappa shape index (κ3) is 4.57. The van der Waals surface area contributed by atoms with E-state index in [0.717, 1.165) is 26.7 Å². The van der Waals surface area contributed by atoms with Crippen LogP contribution in [0.5, 0.6) is 0 Å². The maximum atomic E-state index is 14.3. The molecule has 2 unspecified atom stereocenters. The lowest BCUT2D eigenvalue weighted by Gasteiger charge is -2.24. The molecule has 2 heterocycles. The maximum Gasteiger partial charge on any atom is 0.312 e. The van der Waals surface area contributed by atoms with Gasteiger partial charge < -0.3 is 14.9 Å². The van der Waals surface area contributed by atoms with Crippen molar-refractivity contribution < 1.29 is 13.3 Å². The molecule has 0 saturated carbocycles. The van der Waals surface area contributed by atoms with Crippen LogP contribution in [0.1, 0.15) is 61.8 Å². The quantitative estimate of drug-likeness (QED) is 0.251. The Morgan fingerprint density at radius 3 is 2.78 bits per heavy atom. The normalized spacial score (nSPS) is 17.2. The second-order valence-corrected chi connectivity index (χ2v) is 11.6. The van der Waals surface area contributed by atoms with Gasteiger partial charge >= 0.3 is 6.08 Å². The molecular formula is C21H25F2IN6OS. The summed E-state index contributed by atoms with van der Waals surface area (Å²) in [5.41, 5.74) is 9.30. The lowest BCUT2D eigenvalue weighted by Crippen LogP contribution is -2.37. The van der Waals surface area contributed by atoms with E-state index in [1.807, 2.05) is 30.5 Å². The zero-order chi connectivity index (χ0) is 23.2. The number of aryl methyl sites for hydroxylation is 2. The van der Waals surface area contributed by atoms with Crippen LogP contribution in [0.4, 0.5) is 14.6 Å². The second-order valence-electron chi connectivity index (χ2n) is 8.72. The van der Waals surface area contributed by atoms with Crippen LogP contribution in [0.2, 0.25) is 0 Å². The van der Waals surface area contributed by atoms with Crippen molar-refractivity contribution in [1.29, 1.82) is 0 Å². The second kappa shape index (κ2) is 8.99. The zero-order valence-electron chi connectivity index (χ0n) is 17.9. The summed E-state index contributed by atoms with van der Waals surface area (Å²) in [6, 6.07) is 3.94. The van der Waals surface area contributed by atoms with E-state index in [1.165, 1.54) is 0 Å². The van der Waals surface area contributed by atoms with Crippen LogP contribution in [0.3, 0.4) is 0 Å². The smallest absolute Gasteiger partial charge is 0.312 e. The number of benzene rings is 1. The molecule has 7 nitrogen and oxygen atoms in total. The van der Waals surface area contributed by atoms with Crippen molar-refractivity contribution in [1.82, 2.24) is 19.5 Å². The number of anilines is 1. The Bertz CT molecular complexity index is 1170. The molecule has 1 aliphatic carbocycles. The summed E-state index contributed by atoms with van der Waals surface area (Å²) in [5, 5.41) is 5.60. The fourth-order valence-electron chi connectivity index (χ4n) is 4.10. The van der Waals surface area contributed by atoms with Crippen molar-refractivity contribution in [3.8, 4) is 0 Å². The Morgan fingerprint density at radius 1 is 1.31 bits per heavy atom. The van der Waals surface area contributed by atoms with E-state index in [0.29, 0.717) is 49.2 Å². The van der Waals surface area contributed by atoms with Gasteiger partial charge in [0.2, 0.25) is 0 Å². The molecule has 172 valence electrons. The van der Waals surface area contributed by atoms with Crippen LogP contribution < -0.4 is 10.9 Å². The SMILES string of the molecule is CC(C)(CCCn1c(Cc2cc3c(cc2I)CCC3F)nc2c(N)nc(F)nc21)[S+](N)[O-]. The minimum atomic E-state index is -1.47. The van der Waals surface area contributed by atoms with Crippen LogP contribution in [0, 0.1) is 9.65 Å². The molecule has 0 aliphatic heterocycles. The number of hydrogen-bond acceptors (Lipinski definition) is 6. The highest BCUT2D eigenvalue weighted by atomic mass is 127. The van der Waals surface area contributed by atoms with E-state index in [9.17, 15) is 13.3 Å². The summed E-state index contributed by atoms with van der Waals surface area (Å²) in [4.78, 5) is 12.2. The fourth-order valence-corrected chi connectivity index (χ4v) is 5.17. The number of rotatable bonds is 7. The Kier molecular flexibility index (Phi) is 6.63. The number of nitrogens with two attached hydrogens (primary N) is 2. The largest absolute Gasteiger partial charge is 0.598 e.